The van der Waals surface area contributed by atoms with E-state index >= 15 is 0 Å². The summed E-state index contributed by atoms with van der Waals surface area (Å²) in [4.78, 5) is 25.3. The predicted molar refractivity (Wildman–Crippen MR) is 120 cm³/mol. The van der Waals surface area contributed by atoms with Gasteiger partial charge in [-0.15, -0.1) is 11.3 Å². The predicted octanol–water partition coefficient (Wildman–Crippen LogP) is 3.51. The highest BCUT2D eigenvalue weighted by molar-refractivity contribution is 7.80. The van der Waals surface area contributed by atoms with Crippen LogP contribution in [0.15, 0.2) is 30.3 Å². The number of primary amides is 1. The number of hydrogen-bond acceptors (Lipinski definition) is 5. The van der Waals surface area contributed by atoms with Crippen molar-refractivity contribution in [3.63, 3.8) is 0 Å². The minimum absolute atomic E-state index is 0.128. The molecule has 152 valence electrons. The van der Waals surface area contributed by atoms with E-state index < -0.39 is 5.91 Å². The molecule has 1 aromatic heterocycles. The Bertz CT molecular complexity index is 964. The number of methoxy groups -OCH3 is 1. The molecule has 0 saturated carbocycles. The van der Waals surface area contributed by atoms with Crippen LogP contribution in [0.25, 0.3) is 6.08 Å². The van der Waals surface area contributed by atoms with E-state index in [-0.39, 0.29) is 11.0 Å². The quantitative estimate of drug-likeness (QED) is 0.500. The van der Waals surface area contributed by atoms with Crippen LogP contribution in [0.4, 0.5) is 5.00 Å². The topological polar surface area (TPSA) is 93.4 Å². The highest BCUT2D eigenvalue weighted by Crippen LogP contribution is 2.39. The maximum absolute atomic E-state index is 12.2. The maximum Gasteiger partial charge on any atom is 0.251 e. The Balaban J connectivity index is 1.65. The van der Waals surface area contributed by atoms with E-state index in [2.05, 4.69) is 17.6 Å². The zero-order chi connectivity index (χ0) is 21.0. The standard InChI is InChI=1S/C21H23N3O3S2/c1-12-3-9-15-16(11-12)29-20(18(15)19(22)26)24-21(28)23-17(25)10-6-13-4-7-14(27-2)8-5-13/h4-8,10,12H,3,9,11H2,1-2H3,(H2,22,26)(H2,23,24,25,28)/b10-6+/t12-/m0/s1. The van der Waals surface area contributed by atoms with E-state index in [1.807, 2.05) is 24.3 Å². The van der Waals surface area contributed by atoms with Gasteiger partial charge >= 0.3 is 0 Å². The van der Waals surface area contributed by atoms with Crippen LogP contribution in [0.1, 0.15) is 39.7 Å². The van der Waals surface area contributed by atoms with E-state index in [1.165, 1.54) is 17.4 Å². The number of hydrogen-bond donors (Lipinski definition) is 3. The van der Waals surface area contributed by atoms with Gasteiger partial charge < -0.3 is 15.8 Å². The Kier molecular flexibility index (Phi) is 6.66. The van der Waals surface area contributed by atoms with E-state index in [4.69, 9.17) is 22.7 Å². The van der Waals surface area contributed by atoms with Crippen LogP contribution in [0.2, 0.25) is 0 Å². The van der Waals surface area contributed by atoms with E-state index in [9.17, 15) is 9.59 Å². The third kappa shape index (κ3) is 5.21. The van der Waals surface area contributed by atoms with Gasteiger partial charge in [0.25, 0.3) is 5.91 Å². The third-order valence-electron chi connectivity index (χ3n) is 4.76. The molecule has 0 spiro atoms. The molecular formula is C21H23N3O3S2. The van der Waals surface area contributed by atoms with E-state index in [0.717, 1.165) is 41.0 Å². The number of nitrogens with two attached hydrogens (primary N) is 1. The zero-order valence-corrected chi connectivity index (χ0v) is 17.9. The van der Waals surface area contributed by atoms with Gasteiger partial charge in [0, 0.05) is 11.0 Å². The van der Waals surface area contributed by atoms with Crippen molar-refractivity contribution in [2.75, 3.05) is 12.4 Å². The summed E-state index contributed by atoms with van der Waals surface area (Å²) in [5, 5.41) is 6.30. The number of thiophene rings is 1. The minimum Gasteiger partial charge on any atom is -0.497 e. The second-order valence-electron chi connectivity index (χ2n) is 6.97. The van der Waals surface area contributed by atoms with Crippen molar-refractivity contribution in [3.05, 3.63) is 51.9 Å². The number of fused-ring (bicyclic) bond motifs is 1. The number of rotatable bonds is 5. The molecule has 6 nitrogen and oxygen atoms in total. The van der Waals surface area contributed by atoms with Crippen molar-refractivity contribution in [3.8, 4) is 5.75 Å². The molecule has 3 rings (SSSR count). The molecule has 0 saturated heterocycles. The van der Waals surface area contributed by atoms with E-state index in [1.54, 1.807) is 13.2 Å². The van der Waals surface area contributed by atoms with E-state index in [0.29, 0.717) is 16.5 Å². The molecule has 0 bridgehead atoms. The number of amides is 2. The molecule has 0 aliphatic heterocycles. The van der Waals surface area contributed by atoms with Crippen LogP contribution in [-0.2, 0) is 17.6 Å². The molecule has 0 fully saturated rings. The fourth-order valence-electron chi connectivity index (χ4n) is 3.27. The molecule has 1 aliphatic rings. The first kappa shape index (κ1) is 21.0. The van der Waals surface area contributed by atoms with Crippen molar-refractivity contribution in [1.29, 1.82) is 0 Å². The summed E-state index contributed by atoms with van der Waals surface area (Å²) in [5.74, 6) is 0.474. The van der Waals surface area contributed by atoms with Crippen LogP contribution >= 0.6 is 23.6 Å². The Labute approximate surface area is 179 Å². The molecule has 29 heavy (non-hydrogen) atoms. The molecule has 0 radical (unpaired) electrons. The lowest BCUT2D eigenvalue weighted by Gasteiger charge is -2.18. The molecule has 1 atom stereocenters. The van der Waals surface area contributed by atoms with Gasteiger partial charge in [0.1, 0.15) is 10.8 Å². The Morgan fingerprint density at radius 1 is 1.31 bits per heavy atom. The summed E-state index contributed by atoms with van der Waals surface area (Å²) in [5.41, 5.74) is 7.96. The Morgan fingerprint density at radius 2 is 2.03 bits per heavy atom. The van der Waals surface area contributed by atoms with Crippen LogP contribution in [0.5, 0.6) is 5.75 Å². The second-order valence-corrected chi connectivity index (χ2v) is 8.48. The van der Waals surface area contributed by atoms with Gasteiger partial charge in [0.15, 0.2) is 5.11 Å². The average molecular weight is 430 g/mol. The van der Waals surface area contributed by atoms with Gasteiger partial charge in [-0.1, -0.05) is 19.1 Å². The summed E-state index contributed by atoms with van der Waals surface area (Å²) in [6.45, 7) is 2.19. The van der Waals surface area contributed by atoms with Crippen molar-refractivity contribution in [2.45, 2.75) is 26.2 Å². The maximum atomic E-state index is 12.2. The fourth-order valence-corrected chi connectivity index (χ4v) is 4.96. The zero-order valence-electron chi connectivity index (χ0n) is 16.3. The number of carbonyl (C=O) groups is 2. The van der Waals surface area contributed by atoms with Crippen molar-refractivity contribution < 1.29 is 14.3 Å². The van der Waals surface area contributed by atoms with Gasteiger partial charge in [-0.05, 0) is 66.7 Å². The second kappa shape index (κ2) is 9.19. The molecule has 8 heteroatoms. The largest absolute Gasteiger partial charge is 0.497 e. The molecule has 1 aromatic carbocycles. The van der Waals surface area contributed by atoms with Crippen LogP contribution in [0, 0.1) is 5.92 Å². The van der Waals surface area contributed by atoms with Gasteiger partial charge in [0.05, 0.1) is 12.7 Å². The van der Waals surface area contributed by atoms with Gasteiger partial charge in [-0.2, -0.15) is 0 Å². The summed E-state index contributed by atoms with van der Waals surface area (Å²) in [6.07, 6.45) is 5.85. The Morgan fingerprint density at radius 3 is 2.69 bits per heavy atom. The van der Waals surface area contributed by atoms with Gasteiger partial charge in [-0.25, -0.2) is 0 Å². The fraction of sp³-hybridized carbons (Fsp3) is 0.286. The highest BCUT2D eigenvalue weighted by Gasteiger charge is 2.26. The lowest BCUT2D eigenvalue weighted by molar-refractivity contribution is -0.115. The molecule has 2 aromatic rings. The first-order chi connectivity index (χ1) is 13.9. The molecule has 2 amide bonds. The lowest BCUT2D eigenvalue weighted by Crippen LogP contribution is -2.33. The monoisotopic (exact) mass is 429 g/mol. The molecule has 1 heterocycles. The molecular weight excluding hydrogens is 406 g/mol. The summed E-state index contributed by atoms with van der Waals surface area (Å²) >= 11 is 6.73. The number of carbonyl (C=O) groups excluding carboxylic acids is 2. The first-order valence-electron chi connectivity index (χ1n) is 9.25. The Hall–Kier alpha value is -2.71. The molecule has 1 aliphatic carbocycles. The average Bonchev–Trinajstić information content (AvgIpc) is 3.03. The van der Waals surface area contributed by atoms with Gasteiger partial charge in [0.2, 0.25) is 5.91 Å². The van der Waals surface area contributed by atoms with Crippen molar-refractivity contribution >= 4 is 51.6 Å². The van der Waals surface area contributed by atoms with Crippen LogP contribution in [-0.4, -0.2) is 24.0 Å². The first-order valence-corrected chi connectivity index (χ1v) is 10.5. The third-order valence-corrected chi connectivity index (χ3v) is 6.14. The summed E-state index contributed by atoms with van der Waals surface area (Å²) in [7, 11) is 1.60. The summed E-state index contributed by atoms with van der Waals surface area (Å²) < 4.78 is 5.11. The number of thiocarbonyl (C=S) groups is 1. The smallest absolute Gasteiger partial charge is 0.251 e. The van der Waals surface area contributed by atoms with Crippen LogP contribution in [0.3, 0.4) is 0 Å². The number of anilines is 1. The van der Waals surface area contributed by atoms with Crippen molar-refractivity contribution in [1.82, 2.24) is 5.32 Å². The van der Waals surface area contributed by atoms with Crippen LogP contribution < -0.4 is 21.1 Å². The van der Waals surface area contributed by atoms with Gasteiger partial charge in [-0.3, -0.25) is 14.9 Å². The molecule has 4 N–H and O–H groups in total. The minimum atomic E-state index is -0.479. The molecule has 0 unspecified atom stereocenters. The number of nitrogens with one attached hydrogen (secondary N) is 2. The van der Waals surface area contributed by atoms with Crippen molar-refractivity contribution in [2.24, 2.45) is 11.7 Å². The number of benzene rings is 1. The SMILES string of the molecule is COc1ccc(/C=C/C(=O)NC(=S)Nc2sc3c(c2C(N)=O)CC[C@H](C)C3)cc1. The lowest BCUT2D eigenvalue weighted by atomic mass is 9.88. The summed E-state index contributed by atoms with van der Waals surface area (Å²) in [6, 6.07) is 7.31. The highest BCUT2D eigenvalue weighted by atomic mass is 32.1. The normalized spacial score (nSPS) is 15.6. The number of ether oxygens (including phenoxy) is 1.